The maximum Gasteiger partial charge on any atom is 0.335 e. The number of nitrogens with one attached hydrogen (secondary N) is 2. The van der Waals surface area contributed by atoms with Crippen molar-refractivity contribution in [3.8, 4) is 0 Å². The van der Waals surface area contributed by atoms with Gasteiger partial charge in [0, 0.05) is 10.7 Å². The van der Waals surface area contributed by atoms with E-state index in [-0.39, 0.29) is 5.56 Å². The molecule has 0 aliphatic carbocycles. The predicted molar refractivity (Wildman–Crippen MR) is 67.6 cm³/mol. The Bertz CT molecular complexity index is 596. The third-order valence-corrected chi connectivity index (χ3v) is 2.90. The molecule has 0 saturated carbocycles. The Morgan fingerprint density at radius 1 is 1.33 bits per heavy atom. The van der Waals surface area contributed by atoms with Crippen LogP contribution < -0.4 is 5.32 Å². The Hall–Kier alpha value is -2.15. The highest BCUT2D eigenvalue weighted by Crippen LogP contribution is 2.24. The SMILES string of the molecule is O=C(O)c1ccc(Br)c(NC(=O)c2ccn[nH]2)c1. The molecule has 1 amide bonds. The van der Waals surface area contributed by atoms with E-state index in [0.717, 1.165) is 0 Å². The van der Waals surface area contributed by atoms with Crippen molar-refractivity contribution in [2.75, 3.05) is 5.32 Å². The van der Waals surface area contributed by atoms with Gasteiger partial charge in [-0.1, -0.05) is 0 Å². The Morgan fingerprint density at radius 3 is 2.72 bits per heavy atom. The molecule has 0 radical (unpaired) electrons. The van der Waals surface area contributed by atoms with Crippen molar-refractivity contribution in [1.29, 1.82) is 0 Å². The zero-order valence-electron chi connectivity index (χ0n) is 8.98. The monoisotopic (exact) mass is 309 g/mol. The Morgan fingerprint density at radius 2 is 2.11 bits per heavy atom. The summed E-state index contributed by atoms with van der Waals surface area (Å²) >= 11 is 3.24. The van der Waals surface area contributed by atoms with Crippen LogP contribution in [0.25, 0.3) is 0 Å². The summed E-state index contributed by atoms with van der Waals surface area (Å²) in [6.07, 6.45) is 1.46. The van der Waals surface area contributed by atoms with Crippen molar-refractivity contribution in [3.63, 3.8) is 0 Å². The number of anilines is 1. The zero-order chi connectivity index (χ0) is 13.1. The van der Waals surface area contributed by atoms with E-state index in [1.807, 2.05) is 0 Å². The second-order valence-corrected chi connectivity index (χ2v) is 4.28. The molecule has 0 aliphatic heterocycles. The van der Waals surface area contributed by atoms with E-state index in [1.54, 1.807) is 6.07 Å². The summed E-state index contributed by atoms with van der Waals surface area (Å²) in [6, 6.07) is 5.90. The molecule has 0 atom stereocenters. The van der Waals surface area contributed by atoms with Crippen LogP contribution >= 0.6 is 15.9 Å². The van der Waals surface area contributed by atoms with Gasteiger partial charge in [-0.2, -0.15) is 5.10 Å². The van der Waals surface area contributed by atoms with Crippen molar-refractivity contribution in [2.45, 2.75) is 0 Å². The molecular formula is C11H8BrN3O3. The van der Waals surface area contributed by atoms with Crippen molar-refractivity contribution in [2.24, 2.45) is 0 Å². The van der Waals surface area contributed by atoms with E-state index in [9.17, 15) is 9.59 Å². The lowest BCUT2D eigenvalue weighted by Crippen LogP contribution is -2.13. The fourth-order valence-corrected chi connectivity index (χ4v) is 1.67. The van der Waals surface area contributed by atoms with Gasteiger partial charge in [0.05, 0.1) is 11.3 Å². The Labute approximate surface area is 110 Å². The molecule has 3 N–H and O–H groups in total. The molecule has 7 heteroatoms. The van der Waals surface area contributed by atoms with Gasteiger partial charge in [-0.3, -0.25) is 9.89 Å². The van der Waals surface area contributed by atoms with Crippen LogP contribution in [0.1, 0.15) is 20.8 Å². The Kier molecular flexibility index (Phi) is 3.42. The van der Waals surface area contributed by atoms with Gasteiger partial charge >= 0.3 is 5.97 Å². The summed E-state index contributed by atoms with van der Waals surface area (Å²) in [7, 11) is 0. The molecule has 2 rings (SSSR count). The summed E-state index contributed by atoms with van der Waals surface area (Å²) in [5, 5.41) is 17.6. The smallest absolute Gasteiger partial charge is 0.335 e. The van der Waals surface area contributed by atoms with Gasteiger partial charge in [-0.25, -0.2) is 4.79 Å². The summed E-state index contributed by atoms with van der Waals surface area (Å²) < 4.78 is 0.598. The van der Waals surface area contributed by atoms with Crippen LogP contribution in [0.4, 0.5) is 5.69 Å². The fourth-order valence-electron chi connectivity index (χ4n) is 1.33. The number of aromatic nitrogens is 2. The van der Waals surface area contributed by atoms with E-state index in [0.29, 0.717) is 15.9 Å². The van der Waals surface area contributed by atoms with Gasteiger partial charge in [0.15, 0.2) is 0 Å². The van der Waals surface area contributed by atoms with Crippen molar-refractivity contribution in [1.82, 2.24) is 10.2 Å². The number of aromatic carboxylic acids is 1. The average molecular weight is 310 g/mol. The molecular weight excluding hydrogens is 302 g/mol. The molecule has 0 fully saturated rings. The van der Waals surface area contributed by atoms with Crippen molar-refractivity contribution >= 4 is 33.5 Å². The molecule has 6 nitrogen and oxygen atoms in total. The highest BCUT2D eigenvalue weighted by Gasteiger charge is 2.11. The lowest BCUT2D eigenvalue weighted by Gasteiger charge is -2.07. The van der Waals surface area contributed by atoms with E-state index >= 15 is 0 Å². The second-order valence-electron chi connectivity index (χ2n) is 3.42. The van der Waals surface area contributed by atoms with Gasteiger partial charge in [-0.15, -0.1) is 0 Å². The number of carboxylic acid groups (broad SMARTS) is 1. The quantitative estimate of drug-likeness (QED) is 0.809. The van der Waals surface area contributed by atoms with Crippen molar-refractivity contribution < 1.29 is 14.7 Å². The van der Waals surface area contributed by atoms with Crippen LogP contribution in [-0.2, 0) is 0 Å². The molecule has 0 saturated heterocycles. The van der Waals surface area contributed by atoms with Crippen LogP contribution in [-0.4, -0.2) is 27.2 Å². The number of hydrogen-bond acceptors (Lipinski definition) is 3. The zero-order valence-corrected chi connectivity index (χ0v) is 10.6. The number of rotatable bonds is 3. The molecule has 92 valence electrons. The number of benzene rings is 1. The van der Waals surface area contributed by atoms with E-state index < -0.39 is 11.9 Å². The van der Waals surface area contributed by atoms with Crippen LogP contribution in [0.2, 0.25) is 0 Å². The molecule has 18 heavy (non-hydrogen) atoms. The summed E-state index contributed by atoms with van der Waals surface area (Å²) in [5.41, 5.74) is 0.773. The summed E-state index contributed by atoms with van der Waals surface area (Å²) in [6.45, 7) is 0. The minimum atomic E-state index is -1.06. The maximum absolute atomic E-state index is 11.8. The number of nitrogens with zero attached hydrogens (tertiary/aromatic N) is 1. The highest BCUT2D eigenvalue weighted by atomic mass is 79.9. The molecule has 0 bridgehead atoms. The number of carbonyl (C=O) groups excluding carboxylic acids is 1. The molecule has 0 unspecified atom stereocenters. The summed E-state index contributed by atoms with van der Waals surface area (Å²) in [4.78, 5) is 22.6. The van der Waals surface area contributed by atoms with Crippen LogP contribution in [0, 0.1) is 0 Å². The van der Waals surface area contributed by atoms with Gasteiger partial charge in [0.25, 0.3) is 5.91 Å². The number of H-pyrrole nitrogens is 1. The van der Waals surface area contributed by atoms with Crippen LogP contribution in [0.3, 0.4) is 0 Å². The first-order valence-corrected chi connectivity index (χ1v) is 5.71. The van der Waals surface area contributed by atoms with E-state index in [2.05, 4.69) is 31.4 Å². The first kappa shape index (κ1) is 12.3. The first-order chi connectivity index (χ1) is 8.58. The number of hydrogen-bond donors (Lipinski definition) is 3. The third-order valence-electron chi connectivity index (χ3n) is 2.21. The minimum absolute atomic E-state index is 0.0955. The molecule has 1 aromatic carbocycles. The molecule has 2 aromatic rings. The lowest BCUT2D eigenvalue weighted by atomic mass is 10.2. The van der Waals surface area contributed by atoms with Gasteiger partial charge < -0.3 is 10.4 Å². The van der Waals surface area contributed by atoms with Gasteiger partial charge in [-0.05, 0) is 40.2 Å². The van der Waals surface area contributed by atoms with Gasteiger partial charge in [0.2, 0.25) is 0 Å². The maximum atomic E-state index is 11.8. The highest BCUT2D eigenvalue weighted by molar-refractivity contribution is 9.10. The largest absolute Gasteiger partial charge is 0.478 e. The van der Waals surface area contributed by atoms with E-state index in [4.69, 9.17) is 5.11 Å². The standard InChI is InChI=1S/C11H8BrN3O3/c12-7-2-1-6(11(17)18)5-9(7)14-10(16)8-3-4-13-15-8/h1-5H,(H,13,15)(H,14,16)(H,17,18). The Balaban J connectivity index is 2.26. The number of amides is 1. The molecule has 1 aromatic heterocycles. The number of halogens is 1. The predicted octanol–water partition coefficient (Wildman–Crippen LogP) is 2.12. The van der Waals surface area contributed by atoms with Crippen LogP contribution in [0.5, 0.6) is 0 Å². The fraction of sp³-hybridized carbons (Fsp3) is 0. The topological polar surface area (TPSA) is 95.1 Å². The first-order valence-electron chi connectivity index (χ1n) is 4.91. The molecule has 0 spiro atoms. The normalized spacial score (nSPS) is 10.1. The van der Waals surface area contributed by atoms with Gasteiger partial charge in [0.1, 0.15) is 5.69 Å². The minimum Gasteiger partial charge on any atom is -0.478 e. The third kappa shape index (κ3) is 2.57. The number of carboxylic acids is 1. The second kappa shape index (κ2) is 5.01. The average Bonchev–Trinajstić information content (AvgIpc) is 2.85. The molecule has 0 aliphatic rings. The van der Waals surface area contributed by atoms with Crippen LogP contribution in [0.15, 0.2) is 34.9 Å². The van der Waals surface area contributed by atoms with Crippen molar-refractivity contribution in [3.05, 3.63) is 46.2 Å². The number of aromatic amines is 1. The molecule has 1 heterocycles. The van der Waals surface area contributed by atoms with E-state index in [1.165, 1.54) is 24.4 Å². The lowest BCUT2D eigenvalue weighted by molar-refractivity contribution is 0.0696. The summed E-state index contributed by atoms with van der Waals surface area (Å²) in [5.74, 6) is -1.45. The number of carbonyl (C=O) groups is 2.